The van der Waals surface area contributed by atoms with E-state index in [-0.39, 0.29) is 7.43 Å². The number of nitrogens with one attached hydrogen (secondary N) is 4. The Morgan fingerprint density at radius 2 is 0.821 bits per heavy atom. The molecule has 4 amide bonds. The summed E-state index contributed by atoms with van der Waals surface area (Å²) in [5, 5.41) is 16.5. The second-order valence-electron chi connectivity index (χ2n) is 17.7. The molecule has 2 heterocycles. The Bertz CT molecular complexity index is 1450. The summed E-state index contributed by atoms with van der Waals surface area (Å²) in [6.07, 6.45) is 4.98. The van der Waals surface area contributed by atoms with Crippen LogP contribution in [0, 0.1) is 0 Å². The van der Waals surface area contributed by atoms with Crippen molar-refractivity contribution in [1.82, 2.24) is 0 Å². The van der Waals surface area contributed by atoms with Crippen LogP contribution in [-0.4, -0.2) is 65.2 Å². The van der Waals surface area contributed by atoms with Crippen molar-refractivity contribution in [2.75, 3.05) is 21.3 Å². The number of ether oxygens (including phenoxy) is 4. The fraction of sp³-hybridized carbons (Fsp3) is 0.707. The molecular formula is C41H74N4O8S2Sn. The Balaban J connectivity index is 0.00000118. The molecule has 0 unspecified atom stereocenters. The number of hydrogen-bond acceptors (Lipinski definition) is 10. The quantitative estimate of drug-likeness (QED) is 0.108. The van der Waals surface area contributed by atoms with E-state index in [2.05, 4.69) is 42.0 Å². The minimum absolute atomic E-state index is 0. The van der Waals surface area contributed by atoms with Gasteiger partial charge in [0.25, 0.3) is 0 Å². The number of rotatable bonds is 14. The van der Waals surface area contributed by atoms with Gasteiger partial charge in [-0.25, -0.2) is 9.59 Å². The molecule has 0 radical (unpaired) electrons. The molecule has 2 rings (SSSR count). The first-order chi connectivity index (χ1) is 25.2. The standard InChI is InChI=1S/C14H22N2O4S.C14H21N2O4S.3C4H9.CH4.Sn/c2*1-13(2,3)19-11(17)15-9-7-21-8-10(9)16-12(18)20-14(4,5)6;3*1-3-4-2;;/h7-8H,1-6H3,(H,15,17)(H,16,18);7H,1-6H3,(H,15,17)(H,16,18);3*1,3-4H2,2H3;1H4;. The van der Waals surface area contributed by atoms with Gasteiger partial charge in [0.2, 0.25) is 0 Å². The summed E-state index contributed by atoms with van der Waals surface area (Å²) in [5.41, 5.74) is -0.0761. The molecule has 0 saturated carbocycles. The van der Waals surface area contributed by atoms with E-state index in [0.717, 1.165) is 5.69 Å². The fourth-order valence-corrected chi connectivity index (χ4v) is 26.7. The average molecular weight is 934 g/mol. The van der Waals surface area contributed by atoms with E-state index in [4.69, 9.17) is 18.9 Å². The Kier molecular flexibility index (Phi) is 22.5. The predicted molar refractivity (Wildman–Crippen MR) is 239 cm³/mol. The summed E-state index contributed by atoms with van der Waals surface area (Å²) in [7, 11) is 0. The predicted octanol–water partition coefficient (Wildman–Crippen LogP) is 13.6. The second-order valence-corrected chi connectivity index (χ2v) is 33.3. The molecule has 0 bridgehead atoms. The molecule has 0 aliphatic carbocycles. The van der Waals surface area contributed by atoms with E-state index in [1.54, 1.807) is 63.6 Å². The summed E-state index contributed by atoms with van der Waals surface area (Å²) in [4.78, 5) is 48.9. The van der Waals surface area contributed by atoms with E-state index in [1.807, 2.05) is 46.9 Å². The molecule has 0 fully saturated rings. The van der Waals surface area contributed by atoms with E-state index >= 15 is 0 Å². The maximum atomic E-state index is 12.9. The van der Waals surface area contributed by atoms with Crippen LogP contribution in [-0.2, 0) is 18.9 Å². The second kappa shape index (κ2) is 23.6. The van der Waals surface area contributed by atoms with E-state index in [1.165, 1.54) is 66.1 Å². The van der Waals surface area contributed by atoms with Crippen molar-refractivity contribution in [1.29, 1.82) is 0 Å². The molecule has 15 heteroatoms. The third-order valence-corrected chi connectivity index (χ3v) is 27.6. The van der Waals surface area contributed by atoms with Crippen molar-refractivity contribution in [2.24, 2.45) is 0 Å². The summed E-state index contributed by atoms with van der Waals surface area (Å²) >= 11 is 0.167. The minimum atomic E-state index is -2.89. The van der Waals surface area contributed by atoms with Crippen LogP contribution in [0.25, 0.3) is 0 Å². The van der Waals surface area contributed by atoms with Crippen LogP contribution in [0.3, 0.4) is 0 Å². The van der Waals surface area contributed by atoms with Crippen LogP contribution in [0.5, 0.6) is 0 Å². The van der Waals surface area contributed by atoms with Gasteiger partial charge in [0.15, 0.2) is 0 Å². The van der Waals surface area contributed by atoms with Crippen molar-refractivity contribution in [3.05, 3.63) is 16.1 Å². The summed E-state index contributed by atoms with van der Waals surface area (Å²) in [5.74, 6) is 0. The van der Waals surface area contributed by atoms with Gasteiger partial charge in [0.05, 0.1) is 11.4 Å². The molecule has 2 aromatic heterocycles. The molecule has 0 aromatic carbocycles. The van der Waals surface area contributed by atoms with Gasteiger partial charge in [-0.2, -0.15) is 0 Å². The Morgan fingerprint density at radius 1 is 0.518 bits per heavy atom. The number of amides is 4. The van der Waals surface area contributed by atoms with Crippen LogP contribution in [0.1, 0.15) is 150 Å². The van der Waals surface area contributed by atoms with Crippen molar-refractivity contribution in [2.45, 2.75) is 186 Å². The molecule has 4 N–H and O–H groups in total. The molecule has 56 heavy (non-hydrogen) atoms. The molecule has 12 nitrogen and oxygen atoms in total. The van der Waals surface area contributed by atoms with Gasteiger partial charge in [0, 0.05) is 10.8 Å². The molecule has 0 aliphatic rings. The van der Waals surface area contributed by atoms with Crippen LogP contribution in [0.15, 0.2) is 16.1 Å². The zero-order valence-electron chi connectivity index (χ0n) is 36.2. The van der Waals surface area contributed by atoms with Gasteiger partial charge >= 0.3 is 229 Å². The first kappa shape index (κ1) is 53.3. The van der Waals surface area contributed by atoms with Crippen LogP contribution >= 0.6 is 22.7 Å². The third-order valence-electron chi connectivity index (χ3n) is 7.49. The van der Waals surface area contributed by atoms with Gasteiger partial charge in [-0.1, -0.05) is 7.43 Å². The van der Waals surface area contributed by atoms with Crippen molar-refractivity contribution < 1.29 is 38.1 Å². The molecule has 322 valence electrons. The molecule has 0 saturated heterocycles. The number of unbranched alkanes of at least 4 members (excludes halogenated alkanes) is 3. The zero-order chi connectivity index (χ0) is 42.3. The molecule has 2 aromatic rings. The SMILES string of the molecule is C.CC(C)(C)OC(=O)Nc1cscc1NC(=O)OC(C)(C)C.CCC[CH2][Sn]([CH2]CCC)([CH2]CCC)[c]1scc(NC(=O)OC(C)(C)C)c1NC(=O)OC(C)(C)C. The van der Waals surface area contributed by atoms with Gasteiger partial charge in [-0.15, -0.1) is 11.3 Å². The molecule has 0 spiro atoms. The molecule has 0 aliphatic heterocycles. The van der Waals surface area contributed by atoms with E-state index < -0.39 is 65.2 Å². The van der Waals surface area contributed by atoms with Gasteiger partial charge in [-0.3, -0.25) is 10.6 Å². The Hall–Kier alpha value is -2.72. The molecule has 0 atom stereocenters. The van der Waals surface area contributed by atoms with Gasteiger partial charge in [-0.05, 0) is 41.5 Å². The third kappa shape index (κ3) is 21.7. The fourth-order valence-electron chi connectivity index (χ4n) is 5.36. The van der Waals surface area contributed by atoms with Crippen molar-refractivity contribution in [3.8, 4) is 0 Å². The number of carbonyl (C=O) groups excluding carboxylic acids is 4. The Labute approximate surface area is 350 Å². The van der Waals surface area contributed by atoms with Gasteiger partial charge < -0.3 is 9.47 Å². The first-order valence-corrected chi connectivity index (χ1v) is 28.7. The zero-order valence-corrected chi connectivity index (χ0v) is 40.7. The first-order valence-electron chi connectivity index (χ1n) is 19.4. The number of carbonyl (C=O) groups is 4. The summed E-state index contributed by atoms with van der Waals surface area (Å²) < 4.78 is 26.5. The normalized spacial score (nSPS) is 11.9. The average Bonchev–Trinajstić information content (AvgIpc) is 3.59. The topological polar surface area (TPSA) is 153 Å². The summed E-state index contributed by atoms with van der Waals surface area (Å²) in [6, 6.07) is 0. The van der Waals surface area contributed by atoms with Crippen LogP contribution in [0.2, 0.25) is 13.3 Å². The maximum absolute atomic E-state index is 12.9. The van der Waals surface area contributed by atoms with E-state index in [0.29, 0.717) is 17.1 Å². The van der Waals surface area contributed by atoms with Gasteiger partial charge in [0.1, 0.15) is 11.2 Å². The molecular weight excluding hydrogens is 859 g/mol. The number of thiophene rings is 2. The van der Waals surface area contributed by atoms with Crippen LogP contribution < -0.4 is 24.2 Å². The monoisotopic (exact) mass is 934 g/mol. The van der Waals surface area contributed by atoms with Crippen molar-refractivity contribution >= 4 is 91.1 Å². The van der Waals surface area contributed by atoms with Crippen molar-refractivity contribution in [3.63, 3.8) is 0 Å². The number of hydrogen-bond donors (Lipinski definition) is 4. The summed E-state index contributed by atoms with van der Waals surface area (Å²) in [6.45, 7) is 28.5. The van der Waals surface area contributed by atoms with E-state index in [9.17, 15) is 19.2 Å². The Morgan fingerprint density at radius 3 is 1.12 bits per heavy atom. The number of anilines is 4. The van der Waals surface area contributed by atoms with Crippen LogP contribution in [0.4, 0.5) is 41.9 Å².